The molecule has 22 heavy (non-hydrogen) atoms. The first kappa shape index (κ1) is 14.6. The molecule has 0 atom stereocenters. The molecule has 0 bridgehead atoms. The number of nitrogens with one attached hydrogen (secondary N) is 1. The SMILES string of the molecule is Cc1ccc2c(c1C)N(CCCN)c1ccccc1NC2=O. The second-order valence-electron chi connectivity index (χ2n) is 5.67. The van der Waals surface area contributed by atoms with E-state index in [0.29, 0.717) is 6.54 Å². The highest BCUT2D eigenvalue weighted by atomic mass is 16.1. The molecule has 0 spiro atoms. The second-order valence-corrected chi connectivity index (χ2v) is 5.67. The van der Waals surface area contributed by atoms with Gasteiger partial charge in [0.1, 0.15) is 0 Å². The first-order valence-electron chi connectivity index (χ1n) is 7.61. The van der Waals surface area contributed by atoms with Gasteiger partial charge in [0.15, 0.2) is 0 Å². The Hall–Kier alpha value is -2.33. The molecule has 1 aliphatic rings. The molecule has 3 rings (SSSR count). The van der Waals surface area contributed by atoms with Crippen LogP contribution >= 0.6 is 0 Å². The molecule has 1 amide bonds. The molecule has 4 nitrogen and oxygen atoms in total. The molecule has 4 heteroatoms. The number of rotatable bonds is 3. The van der Waals surface area contributed by atoms with Gasteiger partial charge in [0.2, 0.25) is 0 Å². The summed E-state index contributed by atoms with van der Waals surface area (Å²) in [5.41, 5.74) is 11.6. The van der Waals surface area contributed by atoms with Gasteiger partial charge in [-0.15, -0.1) is 0 Å². The number of nitrogens with zero attached hydrogens (tertiary/aromatic N) is 1. The number of carbonyl (C=O) groups is 1. The predicted octanol–water partition coefficient (Wildman–Crippen LogP) is 3.36. The average molecular weight is 295 g/mol. The first-order valence-corrected chi connectivity index (χ1v) is 7.61. The summed E-state index contributed by atoms with van der Waals surface area (Å²) in [6.07, 6.45) is 0.870. The molecule has 114 valence electrons. The summed E-state index contributed by atoms with van der Waals surface area (Å²) in [5, 5.41) is 3.02. The molecule has 2 aromatic rings. The van der Waals surface area contributed by atoms with Crippen molar-refractivity contribution in [2.24, 2.45) is 5.73 Å². The zero-order valence-electron chi connectivity index (χ0n) is 13.0. The molecule has 0 unspecified atom stereocenters. The van der Waals surface area contributed by atoms with Crippen molar-refractivity contribution in [1.82, 2.24) is 0 Å². The molecule has 0 aliphatic carbocycles. The number of benzene rings is 2. The smallest absolute Gasteiger partial charge is 0.257 e. The maximum absolute atomic E-state index is 12.6. The highest BCUT2D eigenvalue weighted by Crippen LogP contribution is 2.40. The molecular formula is C18H21N3O. The van der Waals surface area contributed by atoms with Gasteiger partial charge in [-0.1, -0.05) is 18.2 Å². The van der Waals surface area contributed by atoms with Gasteiger partial charge in [-0.05, 0) is 56.1 Å². The summed E-state index contributed by atoms with van der Waals surface area (Å²) in [7, 11) is 0. The van der Waals surface area contributed by atoms with E-state index in [-0.39, 0.29) is 5.91 Å². The largest absolute Gasteiger partial charge is 0.339 e. The molecule has 0 fully saturated rings. The highest BCUT2D eigenvalue weighted by Gasteiger charge is 2.26. The molecule has 0 aromatic heterocycles. The number of hydrogen-bond acceptors (Lipinski definition) is 3. The molecular weight excluding hydrogens is 274 g/mol. The lowest BCUT2D eigenvalue weighted by Gasteiger charge is -2.28. The van der Waals surface area contributed by atoms with E-state index < -0.39 is 0 Å². The van der Waals surface area contributed by atoms with Gasteiger partial charge in [-0.25, -0.2) is 0 Å². The number of anilines is 3. The number of hydrogen-bond donors (Lipinski definition) is 2. The lowest BCUT2D eigenvalue weighted by Crippen LogP contribution is -2.23. The lowest BCUT2D eigenvalue weighted by molar-refractivity contribution is 0.102. The van der Waals surface area contributed by atoms with Crippen molar-refractivity contribution < 1.29 is 4.79 Å². The van der Waals surface area contributed by atoms with E-state index in [4.69, 9.17) is 5.73 Å². The summed E-state index contributed by atoms with van der Waals surface area (Å²) in [6, 6.07) is 11.8. The lowest BCUT2D eigenvalue weighted by atomic mass is 10.0. The van der Waals surface area contributed by atoms with Crippen LogP contribution in [0.3, 0.4) is 0 Å². The Morgan fingerprint density at radius 2 is 1.91 bits per heavy atom. The Balaban J connectivity index is 2.25. The van der Waals surface area contributed by atoms with E-state index in [1.54, 1.807) is 0 Å². The topological polar surface area (TPSA) is 58.4 Å². The molecule has 0 saturated carbocycles. The number of amides is 1. The minimum Gasteiger partial charge on any atom is -0.339 e. The third-order valence-electron chi connectivity index (χ3n) is 4.25. The third kappa shape index (κ3) is 2.35. The van der Waals surface area contributed by atoms with Gasteiger partial charge in [0.05, 0.1) is 22.6 Å². The van der Waals surface area contributed by atoms with E-state index >= 15 is 0 Å². The number of nitrogens with two attached hydrogens (primary N) is 1. The number of aryl methyl sites for hydroxylation is 1. The van der Waals surface area contributed by atoms with E-state index in [0.717, 1.165) is 41.2 Å². The van der Waals surface area contributed by atoms with Crippen molar-refractivity contribution in [3.63, 3.8) is 0 Å². The molecule has 2 aromatic carbocycles. The fourth-order valence-electron chi connectivity index (χ4n) is 2.94. The zero-order chi connectivity index (χ0) is 15.7. The second kappa shape index (κ2) is 5.81. The van der Waals surface area contributed by atoms with E-state index in [1.165, 1.54) is 5.56 Å². The van der Waals surface area contributed by atoms with Gasteiger partial charge in [0, 0.05) is 6.54 Å². The third-order valence-corrected chi connectivity index (χ3v) is 4.25. The van der Waals surface area contributed by atoms with Gasteiger partial charge in [-0.3, -0.25) is 4.79 Å². The van der Waals surface area contributed by atoms with E-state index in [1.807, 2.05) is 36.4 Å². The fourth-order valence-corrected chi connectivity index (χ4v) is 2.94. The van der Waals surface area contributed by atoms with Crippen LogP contribution in [0.2, 0.25) is 0 Å². The van der Waals surface area contributed by atoms with Crippen molar-refractivity contribution in [3.8, 4) is 0 Å². The zero-order valence-corrected chi connectivity index (χ0v) is 13.0. The van der Waals surface area contributed by atoms with Crippen LogP contribution in [0.1, 0.15) is 27.9 Å². The minimum atomic E-state index is -0.0548. The van der Waals surface area contributed by atoms with Gasteiger partial charge < -0.3 is 16.0 Å². The van der Waals surface area contributed by atoms with Crippen molar-refractivity contribution in [2.45, 2.75) is 20.3 Å². The van der Waals surface area contributed by atoms with E-state index in [2.05, 4.69) is 24.1 Å². The molecule has 1 aliphatic heterocycles. The van der Waals surface area contributed by atoms with Crippen molar-refractivity contribution in [3.05, 3.63) is 53.1 Å². The first-order chi connectivity index (χ1) is 10.6. The van der Waals surface area contributed by atoms with Crippen molar-refractivity contribution in [1.29, 1.82) is 0 Å². The van der Waals surface area contributed by atoms with Crippen LogP contribution < -0.4 is 16.0 Å². The highest BCUT2D eigenvalue weighted by molar-refractivity contribution is 6.13. The number of para-hydroxylation sites is 2. The molecule has 0 radical (unpaired) electrons. The number of carbonyl (C=O) groups excluding carboxylic acids is 1. The Bertz CT molecular complexity index is 724. The Labute approximate surface area is 130 Å². The molecule has 1 heterocycles. The Kier molecular flexibility index (Phi) is 3.86. The predicted molar refractivity (Wildman–Crippen MR) is 91.0 cm³/mol. The van der Waals surface area contributed by atoms with E-state index in [9.17, 15) is 4.79 Å². The summed E-state index contributed by atoms with van der Waals surface area (Å²) in [4.78, 5) is 14.8. The van der Waals surface area contributed by atoms with Crippen LogP contribution in [-0.2, 0) is 0 Å². The monoisotopic (exact) mass is 295 g/mol. The normalized spacial score (nSPS) is 13.2. The Morgan fingerprint density at radius 1 is 1.14 bits per heavy atom. The van der Waals surface area contributed by atoms with Crippen LogP contribution in [0.4, 0.5) is 17.1 Å². The van der Waals surface area contributed by atoms with Crippen LogP contribution in [0.5, 0.6) is 0 Å². The van der Waals surface area contributed by atoms with Crippen LogP contribution in [0.15, 0.2) is 36.4 Å². The standard InChI is InChI=1S/C18H21N3O/c1-12-8-9-14-17(13(12)2)21(11-5-10-19)16-7-4-3-6-15(16)20-18(14)22/h3-4,6-9H,5,10-11,19H2,1-2H3,(H,20,22). The van der Waals surface area contributed by atoms with Crippen molar-refractivity contribution in [2.75, 3.05) is 23.3 Å². The summed E-state index contributed by atoms with van der Waals surface area (Å²) in [6.45, 7) is 5.57. The van der Waals surface area contributed by atoms with Gasteiger partial charge in [-0.2, -0.15) is 0 Å². The van der Waals surface area contributed by atoms with Gasteiger partial charge in [0.25, 0.3) is 5.91 Å². The fraction of sp³-hybridized carbons (Fsp3) is 0.278. The van der Waals surface area contributed by atoms with Crippen LogP contribution in [0.25, 0.3) is 0 Å². The quantitative estimate of drug-likeness (QED) is 0.913. The van der Waals surface area contributed by atoms with Gasteiger partial charge >= 0.3 is 0 Å². The molecule has 3 N–H and O–H groups in total. The van der Waals surface area contributed by atoms with Crippen molar-refractivity contribution >= 4 is 23.0 Å². The minimum absolute atomic E-state index is 0.0548. The summed E-state index contributed by atoms with van der Waals surface area (Å²) >= 11 is 0. The molecule has 0 saturated heterocycles. The van der Waals surface area contributed by atoms with Crippen LogP contribution in [-0.4, -0.2) is 19.0 Å². The Morgan fingerprint density at radius 3 is 2.68 bits per heavy atom. The number of fused-ring (bicyclic) bond motifs is 2. The maximum Gasteiger partial charge on any atom is 0.257 e. The summed E-state index contributed by atoms with van der Waals surface area (Å²) in [5.74, 6) is -0.0548. The average Bonchev–Trinajstić information content (AvgIpc) is 2.63. The summed E-state index contributed by atoms with van der Waals surface area (Å²) < 4.78 is 0. The van der Waals surface area contributed by atoms with Crippen LogP contribution in [0, 0.1) is 13.8 Å². The maximum atomic E-state index is 12.6.